The van der Waals surface area contributed by atoms with Crippen molar-refractivity contribution in [2.24, 2.45) is 0 Å². The van der Waals surface area contributed by atoms with Crippen LogP contribution < -0.4 is 0 Å². The summed E-state index contributed by atoms with van der Waals surface area (Å²) in [5, 5.41) is 0. The topological polar surface area (TPSA) is 68.1 Å². The van der Waals surface area contributed by atoms with Gasteiger partial charge in [-0.2, -0.15) is 0 Å². The van der Waals surface area contributed by atoms with Gasteiger partial charge in [0.25, 0.3) is 0 Å². The average molecular weight is 433 g/mol. The van der Waals surface area contributed by atoms with Crippen LogP contribution in [0.1, 0.15) is 73.2 Å². The molecule has 2 heterocycles. The third-order valence-electron chi connectivity index (χ3n) is 5.17. The fourth-order valence-electron chi connectivity index (χ4n) is 3.57. The minimum Gasteiger partial charge on any atom is -0.456 e. The van der Waals surface area contributed by atoms with Crippen LogP contribution in [0.2, 0.25) is 0 Å². The van der Waals surface area contributed by atoms with Crippen molar-refractivity contribution in [1.82, 2.24) is 9.97 Å². The zero-order valence-corrected chi connectivity index (χ0v) is 19.2. The van der Waals surface area contributed by atoms with Gasteiger partial charge in [0.1, 0.15) is 6.61 Å². The molecular weight excluding hydrogens is 400 g/mol. The Morgan fingerprint density at radius 3 is 2.75 bits per heavy atom. The Labute approximate surface area is 190 Å². The van der Waals surface area contributed by atoms with E-state index < -0.39 is 5.97 Å². The minimum atomic E-state index is -0.464. The molecule has 168 valence electrons. The molecule has 0 aliphatic heterocycles. The molecule has 0 radical (unpaired) electrons. The summed E-state index contributed by atoms with van der Waals surface area (Å²) >= 11 is 0. The molecule has 0 spiro atoms. The van der Waals surface area contributed by atoms with E-state index in [4.69, 9.17) is 9.15 Å². The van der Waals surface area contributed by atoms with Gasteiger partial charge in [-0.3, -0.25) is 0 Å². The maximum absolute atomic E-state index is 12.9. The molecule has 0 saturated heterocycles. The quantitative estimate of drug-likeness (QED) is 0.310. The average Bonchev–Trinajstić information content (AvgIpc) is 3.36. The van der Waals surface area contributed by atoms with Crippen molar-refractivity contribution in [2.45, 2.75) is 59.5 Å². The van der Waals surface area contributed by atoms with E-state index in [2.05, 4.69) is 23.0 Å². The molecule has 3 aromatic rings. The number of aryl methyl sites for hydroxylation is 1. The molecule has 32 heavy (non-hydrogen) atoms. The van der Waals surface area contributed by atoms with Crippen molar-refractivity contribution in [3.05, 3.63) is 83.2 Å². The van der Waals surface area contributed by atoms with Gasteiger partial charge in [0.05, 0.1) is 0 Å². The van der Waals surface area contributed by atoms with Crippen LogP contribution in [0.5, 0.6) is 0 Å². The lowest BCUT2D eigenvalue weighted by molar-refractivity contribution is 0.0467. The number of ether oxygens (including phenoxy) is 1. The van der Waals surface area contributed by atoms with Crippen molar-refractivity contribution >= 4 is 12.0 Å². The summed E-state index contributed by atoms with van der Waals surface area (Å²) in [6.45, 7) is 6.36. The van der Waals surface area contributed by atoms with Gasteiger partial charge in [-0.1, -0.05) is 82.2 Å². The molecule has 0 amide bonds. The number of esters is 1. The third-order valence-corrected chi connectivity index (χ3v) is 5.17. The number of nitrogens with one attached hydrogen (secondary N) is 1. The SMILES string of the molecule is CC.CCCCCc1nc(C(=O)OCc2ccccc2)c(-c2c[nH]c3c2CC=CC=C3)o1. The second kappa shape index (κ2) is 11.9. The Morgan fingerprint density at radius 2 is 1.97 bits per heavy atom. The Morgan fingerprint density at radius 1 is 1.16 bits per heavy atom. The maximum Gasteiger partial charge on any atom is 0.361 e. The zero-order chi connectivity index (χ0) is 22.8. The van der Waals surface area contributed by atoms with Crippen molar-refractivity contribution in [2.75, 3.05) is 0 Å². The van der Waals surface area contributed by atoms with E-state index in [0.717, 1.165) is 48.1 Å². The number of H-pyrrole nitrogens is 1. The molecule has 4 rings (SSSR count). The predicted octanol–water partition coefficient (Wildman–Crippen LogP) is 6.91. The Bertz CT molecular complexity index is 1060. The zero-order valence-electron chi connectivity index (χ0n) is 19.2. The van der Waals surface area contributed by atoms with E-state index in [0.29, 0.717) is 18.1 Å². The number of allylic oxidation sites excluding steroid dienone is 3. The van der Waals surface area contributed by atoms with Crippen LogP contribution in [0.25, 0.3) is 17.4 Å². The van der Waals surface area contributed by atoms with E-state index in [9.17, 15) is 4.79 Å². The summed E-state index contributed by atoms with van der Waals surface area (Å²) in [5.74, 6) is 0.606. The van der Waals surface area contributed by atoms with Gasteiger partial charge in [-0.05, 0) is 30.0 Å². The van der Waals surface area contributed by atoms with E-state index in [1.807, 2.05) is 68.6 Å². The molecule has 1 aliphatic rings. The summed E-state index contributed by atoms with van der Waals surface area (Å²) in [5.41, 5.74) is 4.15. The predicted molar refractivity (Wildman–Crippen MR) is 128 cm³/mol. The lowest BCUT2D eigenvalue weighted by Gasteiger charge is -2.05. The van der Waals surface area contributed by atoms with Gasteiger partial charge in [0, 0.05) is 23.9 Å². The lowest BCUT2D eigenvalue weighted by Crippen LogP contribution is -2.07. The molecule has 0 saturated carbocycles. The van der Waals surface area contributed by atoms with E-state index in [-0.39, 0.29) is 12.3 Å². The Kier molecular flexibility index (Phi) is 8.67. The van der Waals surface area contributed by atoms with Crippen LogP contribution in [0, 0.1) is 0 Å². The van der Waals surface area contributed by atoms with Crippen molar-refractivity contribution in [1.29, 1.82) is 0 Å². The molecule has 1 aliphatic carbocycles. The standard InChI is InChI=1S/C25H26N2O3.C2H6/c1-2-3-6-15-22-27-23(25(28)29-17-18-11-7-4-8-12-18)24(30-22)20-16-26-21-14-10-5-9-13-19(20)21;1-2/h4-5,7-12,14,16,26H,2-3,6,13,15,17H2,1H3;1-2H3. The van der Waals surface area contributed by atoms with Gasteiger partial charge in [0.15, 0.2) is 17.3 Å². The van der Waals surface area contributed by atoms with Gasteiger partial charge < -0.3 is 14.1 Å². The van der Waals surface area contributed by atoms with Crippen molar-refractivity contribution in [3.8, 4) is 11.3 Å². The molecular formula is C27H32N2O3. The number of rotatable bonds is 8. The van der Waals surface area contributed by atoms with Gasteiger partial charge >= 0.3 is 5.97 Å². The number of oxazole rings is 1. The van der Waals surface area contributed by atoms with E-state index >= 15 is 0 Å². The molecule has 0 unspecified atom stereocenters. The first-order chi connectivity index (χ1) is 15.8. The number of hydrogen-bond acceptors (Lipinski definition) is 4. The summed E-state index contributed by atoms with van der Waals surface area (Å²) in [6.07, 6.45) is 14.7. The summed E-state index contributed by atoms with van der Waals surface area (Å²) in [6, 6.07) is 9.64. The van der Waals surface area contributed by atoms with Crippen LogP contribution in [0.15, 0.2) is 59.2 Å². The number of nitrogens with zero attached hydrogens (tertiary/aromatic N) is 1. The highest BCUT2D eigenvalue weighted by atomic mass is 16.5. The molecule has 2 aromatic heterocycles. The first-order valence-corrected chi connectivity index (χ1v) is 11.5. The number of aromatic amines is 1. The van der Waals surface area contributed by atoms with Gasteiger partial charge in [0.2, 0.25) is 0 Å². The number of hydrogen-bond donors (Lipinski definition) is 1. The molecule has 1 N–H and O–H groups in total. The number of carbonyl (C=O) groups is 1. The van der Waals surface area contributed by atoms with Crippen molar-refractivity contribution in [3.63, 3.8) is 0 Å². The molecule has 0 fully saturated rings. The smallest absolute Gasteiger partial charge is 0.361 e. The lowest BCUT2D eigenvalue weighted by atomic mass is 10.0. The second-order valence-electron chi connectivity index (χ2n) is 7.39. The van der Waals surface area contributed by atoms with Crippen LogP contribution >= 0.6 is 0 Å². The second-order valence-corrected chi connectivity index (χ2v) is 7.39. The minimum absolute atomic E-state index is 0.202. The number of aromatic nitrogens is 2. The van der Waals surface area contributed by atoms with Crippen molar-refractivity contribution < 1.29 is 13.9 Å². The van der Waals surface area contributed by atoms with Crippen LogP contribution in [0.4, 0.5) is 0 Å². The Hall–Kier alpha value is -3.34. The normalized spacial score (nSPS) is 12.0. The molecule has 1 aromatic carbocycles. The van der Waals surface area contributed by atoms with Crippen LogP contribution in [-0.4, -0.2) is 15.9 Å². The largest absolute Gasteiger partial charge is 0.456 e. The molecule has 5 heteroatoms. The maximum atomic E-state index is 12.9. The highest BCUT2D eigenvalue weighted by Gasteiger charge is 2.26. The van der Waals surface area contributed by atoms with Gasteiger partial charge in [-0.15, -0.1) is 0 Å². The monoisotopic (exact) mass is 432 g/mol. The first-order valence-electron chi connectivity index (χ1n) is 11.5. The summed E-state index contributed by atoms with van der Waals surface area (Å²) < 4.78 is 11.7. The van der Waals surface area contributed by atoms with Gasteiger partial charge in [-0.25, -0.2) is 9.78 Å². The number of unbranched alkanes of at least 4 members (excludes halogenated alkanes) is 2. The molecule has 0 atom stereocenters. The fourth-order valence-corrected chi connectivity index (χ4v) is 3.57. The van der Waals surface area contributed by atoms with Crippen LogP contribution in [-0.2, 0) is 24.2 Å². The number of benzene rings is 1. The summed E-state index contributed by atoms with van der Waals surface area (Å²) in [4.78, 5) is 20.7. The molecule has 5 nitrogen and oxygen atoms in total. The molecule has 0 bridgehead atoms. The number of carbonyl (C=O) groups excluding carboxylic acids is 1. The fraction of sp³-hybridized carbons (Fsp3) is 0.333. The summed E-state index contributed by atoms with van der Waals surface area (Å²) in [7, 11) is 0. The first kappa shape index (κ1) is 23.3. The van der Waals surface area contributed by atoms with E-state index in [1.54, 1.807) is 0 Å². The number of fused-ring (bicyclic) bond motifs is 1. The highest BCUT2D eigenvalue weighted by molar-refractivity contribution is 5.94. The van der Waals surface area contributed by atoms with E-state index in [1.165, 1.54) is 0 Å². The third kappa shape index (κ3) is 5.67. The highest BCUT2D eigenvalue weighted by Crippen LogP contribution is 2.33. The Balaban J connectivity index is 0.00000141. The van der Waals surface area contributed by atoms with Crippen LogP contribution in [0.3, 0.4) is 0 Å².